The fraction of sp³-hybridized carbons (Fsp3) is 0.133. The number of rotatable bonds is 5. The van der Waals surface area contributed by atoms with E-state index in [1.165, 1.54) is 23.7 Å². The molecule has 0 aliphatic rings. The van der Waals surface area contributed by atoms with Crippen LogP contribution in [0.3, 0.4) is 0 Å². The van der Waals surface area contributed by atoms with Gasteiger partial charge in [-0.2, -0.15) is 0 Å². The number of aromatic nitrogens is 1. The van der Waals surface area contributed by atoms with Crippen molar-refractivity contribution in [1.82, 2.24) is 4.98 Å². The van der Waals surface area contributed by atoms with Crippen LogP contribution >= 0.6 is 35.6 Å². The highest BCUT2D eigenvalue weighted by molar-refractivity contribution is 8.23. The van der Waals surface area contributed by atoms with Crippen molar-refractivity contribution >= 4 is 57.1 Å². The minimum atomic E-state index is -0.0820. The van der Waals surface area contributed by atoms with Crippen molar-refractivity contribution in [3.63, 3.8) is 0 Å². The van der Waals surface area contributed by atoms with Crippen LogP contribution < -0.4 is 16.2 Å². The van der Waals surface area contributed by atoms with E-state index >= 15 is 0 Å². The molecule has 23 heavy (non-hydrogen) atoms. The lowest BCUT2D eigenvalue weighted by Crippen LogP contribution is -2.31. The molecule has 8 heteroatoms. The molecule has 0 aliphatic heterocycles. The zero-order valence-corrected chi connectivity index (χ0v) is 14.7. The average molecular weight is 367 g/mol. The van der Waals surface area contributed by atoms with Crippen LogP contribution in [0, 0.1) is 0 Å². The minimum Gasteiger partial charge on any atom is -0.341 e. The molecule has 120 valence electrons. The largest absolute Gasteiger partial charge is 0.341 e. The molecule has 1 heterocycles. The zero-order chi connectivity index (χ0) is 16.8. The maximum Gasteiger partial charge on any atom is 0.178 e. The predicted octanol–water partition coefficient (Wildman–Crippen LogP) is 3.71. The molecular weight excluding hydrogens is 352 g/mol. The first-order valence-corrected chi connectivity index (χ1v) is 8.41. The van der Waals surface area contributed by atoms with Gasteiger partial charge in [-0.1, -0.05) is 41.6 Å². The first-order valence-electron chi connectivity index (χ1n) is 6.64. The number of ketones is 1. The van der Waals surface area contributed by atoms with Gasteiger partial charge in [0.25, 0.3) is 0 Å². The monoisotopic (exact) mass is 366 g/mol. The number of hydrogen-bond donors (Lipinski definition) is 2. The summed E-state index contributed by atoms with van der Waals surface area (Å²) >= 11 is 12.6. The van der Waals surface area contributed by atoms with Crippen molar-refractivity contribution in [2.75, 3.05) is 16.2 Å². The number of carbonyl (C=O) groups excluding carboxylic acids is 1. The second-order valence-corrected chi connectivity index (χ2v) is 6.68. The lowest BCUT2D eigenvalue weighted by Gasteiger charge is -2.18. The van der Waals surface area contributed by atoms with Crippen molar-refractivity contribution in [1.29, 1.82) is 0 Å². The molecule has 0 aliphatic carbocycles. The van der Waals surface area contributed by atoms with Crippen molar-refractivity contribution < 1.29 is 4.79 Å². The van der Waals surface area contributed by atoms with E-state index in [-0.39, 0.29) is 5.78 Å². The summed E-state index contributed by atoms with van der Waals surface area (Å²) in [6, 6.07) is 10.7. The lowest BCUT2D eigenvalue weighted by molar-refractivity contribution is 0.101. The minimum absolute atomic E-state index is 0.0820. The second-order valence-electron chi connectivity index (χ2n) is 4.62. The van der Waals surface area contributed by atoms with E-state index in [2.05, 4.69) is 10.3 Å². The van der Waals surface area contributed by atoms with Crippen LogP contribution in [0.4, 0.5) is 11.4 Å². The number of benzene rings is 1. The molecule has 0 atom stereocenters. The van der Waals surface area contributed by atoms with Gasteiger partial charge in [0.1, 0.15) is 10.0 Å². The summed E-state index contributed by atoms with van der Waals surface area (Å²) in [5.41, 5.74) is 1.94. The van der Waals surface area contributed by atoms with E-state index in [9.17, 15) is 4.79 Å². The first-order chi connectivity index (χ1) is 11.0. The Kier molecular flexibility index (Phi) is 6.35. The van der Waals surface area contributed by atoms with Crippen molar-refractivity contribution in [3.05, 3.63) is 53.3 Å². The Morgan fingerprint density at radius 2 is 2.22 bits per heavy atom. The fourth-order valence-electron chi connectivity index (χ4n) is 1.69. The molecule has 0 amide bonds. The molecule has 1 aromatic carbocycles. The topological polar surface area (TPSA) is 71.2 Å². The molecule has 1 aromatic heterocycles. The predicted molar refractivity (Wildman–Crippen MR) is 101 cm³/mol. The van der Waals surface area contributed by atoms with Gasteiger partial charge in [0.2, 0.25) is 0 Å². The highest BCUT2D eigenvalue weighted by Crippen LogP contribution is 2.18. The summed E-state index contributed by atoms with van der Waals surface area (Å²) in [4.78, 5) is 15.3. The number of nitrogens with zero attached hydrogens (tertiary/aromatic N) is 2. The van der Waals surface area contributed by atoms with Crippen LogP contribution in [0.2, 0.25) is 5.02 Å². The molecule has 0 unspecified atom stereocenters. The number of nitrogens with one attached hydrogen (secondary N) is 1. The number of anilines is 2. The Hall–Kier alpha value is -1.67. The molecule has 0 bridgehead atoms. The summed E-state index contributed by atoms with van der Waals surface area (Å²) in [5.74, 6) is 6.32. The van der Waals surface area contributed by atoms with Crippen LogP contribution in [0.25, 0.3) is 0 Å². The Morgan fingerprint density at radius 3 is 2.83 bits per heavy atom. The first kappa shape index (κ1) is 17.7. The van der Waals surface area contributed by atoms with Gasteiger partial charge in [-0.3, -0.25) is 14.8 Å². The Bertz CT molecular complexity index is 709. The molecule has 3 N–H and O–H groups in total. The highest BCUT2D eigenvalue weighted by atomic mass is 35.5. The number of carbonyl (C=O) groups is 1. The number of hydrazine groups is 1. The SMILES string of the molecule is CC(=O)c1ccc(N(N)CSC(=S)Nc2cccc(Cl)c2)cn1. The third-order valence-corrected chi connectivity index (χ3v) is 4.31. The van der Waals surface area contributed by atoms with E-state index in [0.29, 0.717) is 26.6 Å². The number of pyridine rings is 1. The number of Topliss-reactive ketones (excluding diaryl/α,β-unsaturated/α-hetero) is 1. The van der Waals surface area contributed by atoms with Gasteiger partial charge in [0.05, 0.1) is 17.8 Å². The summed E-state index contributed by atoms with van der Waals surface area (Å²) in [7, 11) is 0. The van der Waals surface area contributed by atoms with Crippen LogP contribution in [-0.4, -0.2) is 21.0 Å². The highest BCUT2D eigenvalue weighted by Gasteiger charge is 2.07. The molecule has 2 aromatic rings. The summed E-state index contributed by atoms with van der Waals surface area (Å²) in [5, 5.41) is 5.23. The number of thioether (sulfide) groups is 1. The van der Waals surface area contributed by atoms with E-state index < -0.39 is 0 Å². The molecule has 5 nitrogen and oxygen atoms in total. The molecule has 2 rings (SSSR count). The molecule has 0 saturated carbocycles. The van der Waals surface area contributed by atoms with E-state index in [0.717, 1.165) is 5.69 Å². The molecule has 0 fully saturated rings. The van der Waals surface area contributed by atoms with Gasteiger partial charge in [-0.25, -0.2) is 5.84 Å². The Morgan fingerprint density at radius 1 is 1.43 bits per heavy atom. The van der Waals surface area contributed by atoms with Crippen LogP contribution in [0.15, 0.2) is 42.6 Å². The normalized spacial score (nSPS) is 10.2. The van der Waals surface area contributed by atoms with Crippen molar-refractivity contribution in [2.24, 2.45) is 5.84 Å². The van der Waals surface area contributed by atoms with Gasteiger partial charge in [0.15, 0.2) is 5.78 Å². The van der Waals surface area contributed by atoms with Gasteiger partial charge in [0, 0.05) is 17.6 Å². The van der Waals surface area contributed by atoms with Crippen LogP contribution in [0.1, 0.15) is 17.4 Å². The number of nitrogens with two attached hydrogens (primary N) is 1. The van der Waals surface area contributed by atoms with Crippen molar-refractivity contribution in [3.8, 4) is 0 Å². The third-order valence-electron chi connectivity index (χ3n) is 2.85. The Labute approximate surface area is 149 Å². The van der Waals surface area contributed by atoms with Gasteiger partial charge in [-0.15, -0.1) is 0 Å². The molecular formula is C15H15ClN4OS2. The smallest absolute Gasteiger partial charge is 0.178 e. The molecule has 0 saturated heterocycles. The number of halogens is 1. The summed E-state index contributed by atoms with van der Waals surface area (Å²) in [6.07, 6.45) is 1.56. The lowest BCUT2D eigenvalue weighted by atomic mass is 10.2. The van der Waals surface area contributed by atoms with E-state index in [4.69, 9.17) is 29.7 Å². The van der Waals surface area contributed by atoms with Crippen LogP contribution in [-0.2, 0) is 0 Å². The van der Waals surface area contributed by atoms with Crippen LogP contribution in [0.5, 0.6) is 0 Å². The van der Waals surface area contributed by atoms with E-state index in [1.807, 2.05) is 12.1 Å². The average Bonchev–Trinajstić information content (AvgIpc) is 2.52. The summed E-state index contributed by atoms with van der Waals surface area (Å²) in [6.45, 7) is 1.47. The van der Waals surface area contributed by atoms with Gasteiger partial charge in [-0.05, 0) is 30.3 Å². The van der Waals surface area contributed by atoms with Gasteiger partial charge < -0.3 is 5.32 Å². The fourth-order valence-corrected chi connectivity index (χ4v) is 2.75. The maximum absolute atomic E-state index is 11.2. The standard InChI is InChI=1S/C15H15ClN4OS2/c1-10(21)14-6-5-13(8-18-14)20(17)9-23-15(22)19-12-4-2-3-11(16)7-12/h2-8H,9,17H2,1H3,(H,19,22). The quantitative estimate of drug-likeness (QED) is 0.275. The van der Waals surface area contributed by atoms with E-state index in [1.54, 1.807) is 30.5 Å². The third kappa shape index (κ3) is 5.47. The molecule has 0 spiro atoms. The zero-order valence-electron chi connectivity index (χ0n) is 12.3. The summed E-state index contributed by atoms with van der Waals surface area (Å²) < 4.78 is 0.580. The second kappa shape index (κ2) is 8.26. The number of thiocarbonyl (C=S) groups is 1. The molecule has 0 radical (unpaired) electrons. The maximum atomic E-state index is 11.2. The van der Waals surface area contributed by atoms with Crippen molar-refractivity contribution in [2.45, 2.75) is 6.92 Å². The Balaban J connectivity index is 1.87. The number of hydrogen-bond acceptors (Lipinski definition) is 6. The van der Waals surface area contributed by atoms with Gasteiger partial charge >= 0.3 is 0 Å².